The Bertz CT molecular complexity index is 132. The van der Waals surface area contributed by atoms with E-state index in [2.05, 4.69) is 6.92 Å². The van der Waals surface area contributed by atoms with Gasteiger partial charge in [0.1, 0.15) is 0 Å². The quantitative estimate of drug-likeness (QED) is 0.729. The van der Waals surface area contributed by atoms with Gasteiger partial charge in [0.25, 0.3) is 0 Å². The first-order valence-corrected chi connectivity index (χ1v) is 5.63. The molecule has 1 fully saturated rings. The number of rotatable bonds is 4. The average Bonchev–Trinajstić information content (AvgIpc) is 2.18. The SMILES string of the molecule is CCOC(C)C(N)C1CCCCC1. The summed E-state index contributed by atoms with van der Waals surface area (Å²) in [6.45, 7) is 4.91. The Balaban J connectivity index is 2.31. The van der Waals surface area contributed by atoms with Crippen molar-refractivity contribution in [3.8, 4) is 0 Å². The summed E-state index contributed by atoms with van der Waals surface area (Å²) in [5.74, 6) is 0.704. The van der Waals surface area contributed by atoms with Crippen molar-refractivity contribution in [3.63, 3.8) is 0 Å². The highest BCUT2D eigenvalue weighted by molar-refractivity contribution is 4.80. The molecule has 0 aromatic carbocycles. The second kappa shape index (κ2) is 5.61. The van der Waals surface area contributed by atoms with Gasteiger partial charge in [0.2, 0.25) is 0 Å². The normalized spacial score (nSPS) is 24.2. The molecule has 2 unspecified atom stereocenters. The molecule has 2 atom stereocenters. The van der Waals surface area contributed by atoms with Crippen molar-refractivity contribution in [2.24, 2.45) is 11.7 Å². The van der Waals surface area contributed by atoms with E-state index in [4.69, 9.17) is 10.5 Å². The fourth-order valence-corrected chi connectivity index (χ4v) is 2.28. The zero-order valence-electron chi connectivity index (χ0n) is 8.96. The molecule has 0 heterocycles. The standard InChI is InChI=1S/C11H23NO/c1-3-13-9(2)11(12)10-7-5-4-6-8-10/h9-11H,3-8,12H2,1-2H3. The molecular formula is C11H23NO. The summed E-state index contributed by atoms with van der Waals surface area (Å²) in [7, 11) is 0. The van der Waals surface area contributed by atoms with Crippen molar-refractivity contribution in [2.75, 3.05) is 6.61 Å². The Morgan fingerprint density at radius 1 is 1.31 bits per heavy atom. The van der Waals surface area contributed by atoms with Crippen molar-refractivity contribution in [2.45, 2.75) is 58.1 Å². The van der Waals surface area contributed by atoms with Crippen LogP contribution in [0.3, 0.4) is 0 Å². The highest BCUT2D eigenvalue weighted by Crippen LogP contribution is 2.27. The van der Waals surface area contributed by atoms with E-state index < -0.39 is 0 Å². The van der Waals surface area contributed by atoms with E-state index in [0.29, 0.717) is 5.92 Å². The Hall–Kier alpha value is -0.0800. The summed E-state index contributed by atoms with van der Waals surface area (Å²) in [4.78, 5) is 0. The van der Waals surface area contributed by atoms with Crippen molar-refractivity contribution >= 4 is 0 Å². The van der Waals surface area contributed by atoms with Crippen LogP contribution < -0.4 is 5.73 Å². The molecule has 2 nitrogen and oxygen atoms in total. The van der Waals surface area contributed by atoms with Gasteiger partial charge in [-0.1, -0.05) is 19.3 Å². The van der Waals surface area contributed by atoms with Gasteiger partial charge in [-0.15, -0.1) is 0 Å². The van der Waals surface area contributed by atoms with E-state index >= 15 is 0 Å². The molecule has 0 aliphatic heterocycles. The van der Waals surface area contributed by atoms with E-state index in [1.807, 2.05) is 6.92 Å². The molecule has 0 bridgehead atoms. The highest BCUT2D eigenvalue weighted by Gasteiger charge is 2.24. The van der Waals surface area contributed by atoms with Crippen LogP contribution in [0, 0.1) is 5.92 Å². The topological polar surface area (TPSA) is 35.2 Å². The zero-order chi connectivity index (χ0) is 9.68. The third-order valence-electron chi connectivity index (χ3n) is 3.17. The maximum absolute atomic E-state index is 6.15. The van der Waals surface area contributed by atoms with Gasteiger partial charge in [0.05, 0.1) is 6.10 Å². The van der Waals surface area contributed by atoms with E-state index in [-0.39, 0.29) is 12.1 Å². The van der Waals surface area contributed by atoms with Crippen LogP contribution in [0.2, 0.25) is 0 Å². The molecule has 0 saturated heterocycles. The lowest BCUT2D eigenvalue weighted by Crippen LogP contribution is -2.42. The second-order valence-electron chi connectivity index (χ2n) is 4.14. The van der Waals surface area contributed by atoms with Gasteiger partial charge in [-0.05, 0) is 32.6 Å². The predicted octanol–water partition coefficient (Wildman–Crippen LogP) is 2.32. The van der Waals surface area contributed by atoms with Gasteiger partial charge in [0.15, 0.2) is 0 Å². The maximum atomic E-state index is 6.15. The Morgan fingerprint density at radius 2 is 1.92 bits per heavy atom. The van der Waals surface area contributed by atoms with Crippen molar-refractivity contribution in [1.82, 2.24) is 0 Å². The summed E-state index contributed by atoms with van der Waals surface area (Å²) < 4.78 is 5.53. The molecule has 0 aromatic rings. The first-order chi connectivity index (χ1) is 6.25. The summed E-state index contributed by atoms with van der Waals surface area (Å²) in [6, 6.07) is 0.250. The van der Waals surface area contributed by atoms with E-state index in [1.54, 1.807) is 0 Å². The molecular weight excluding hydrogens is 162 g/mol. The summed E-state index contributed by atoms with van der Waals surface area (Å²) in [5, 5.41) is 0. The number of hydrogen-bond acceptors (Lipinski definition) is 2. The zero-order valence-corrected chi connectivity index (χ0v) is 8.96. The minimum absolute atomic E-state index is 0.230. The fourth-order valence-electron chi connectivity index (χ4n) is 2.28. The third kappa shape index (κ3) is 3.28. The molecule has 2 N–H and O–H groups in total. The molecule has 0 spiro atoms. The largest absolute Gasteiger partial charge is 0.377 e. The lowest BCUT2D eigenvalue weighted by Gasteiger charge is -2.31. The molecule has 1 aliphatic rings. The van der Waals surface area contributed by atoms with Gasteiger partial charge >= 0.3 is 0 Å². The molecule has 0 amide bonds. The number of nitrogens with two attached hydrogens (primary N) is 1. The van der Waals surface area contributed by atoms with Crippen LogP contribution in [0.5, 0.6) is 0 Å². The fraction of sp³-hybridized carbons (Fsp3) is 1.00. The third-order valence-corrected chi connectivity index (χ3v) is 3.17. The first-order valence-electron chi connectivity index (χ1n) is 5.63. The second-order valence-corrected chi connectivity index (χ2v) is 4.14. The lowest BCUT2D eigenvalue weighted by molar-refractivity contribution is 0.0363. The maximum Gasteiger partial charge on any atom is 0.0700 e. The smallest absolute Gasteiger partial charge is 0.0700 e. The molecule has 0 radical (unpaired) electrons. The molecule has 1 rings (SSSR count). The van der Waals surface area contributed by atoms with Crippen molar-refractivity contribution in [3.05, 3.63) is 0 Å². The van der Waals surface area contributed by atoms with Crippen molar-refractivity contribution in [1.29, 1.82) is 0 Å². The van der Waals surface area contributed by atoms with Gasteiger partial charge in [0, 0.05) is 12.6 Å². The van der Waals surface area contributed by atoms with E-state index in [0.717, 1.165) is 6.61 Å². The molecule has 2 heteroatoms. The summed E-state index contributed by atoms with van der Waals surface area (Å²) in [6.07, 6.45) is 6.95. The molecule has 1 saturated carbocycles. The number of hydrogen-bond donors (Lipinski definition) is 1. The van der Waals surface area contributed by atoms with Gasteiger partial charge < -0.3 is 10.5 Å². The monoisotopic (exact) mass is 185 g/mol. The number of ether oxygens (including phenoxy) is 1. The van der Waals surface area contributed by atoms with Gasteiger partial charge in [-0.25, -0.2) is 0 Å². The van der Waals surface area contributed by atoms with Crippen LogP contribution in [0.15, 0.2) is 0 Å². The van der Waals surface area contributed by atoms with E-state index in [1.165, 1.54) is 32.1 Å². The van der Waals surface area contributed by atoms with Crippen LogP contribution in [-0.4, -0.2) is 18.8 Å². The molecule has 1 aliphatic carbocycles. The molecule has 0 aromatic heterocycles. The van der Waals surface area contributed by atoms with Crippen LogP contribution in [0.1, 0.15) is 46.0 Å². The molecule has 78 valence electrons. The lowest BCUT2D eigenvalue weighted by atomic mass is 9.82. The van der Waals surface area contributed by atoms with E-state index in [9.17, 15) is 0 Å². The van der Waals surface area contributed by atoms with Crippen LogP contribution in [0.25, 0.3) is 0 Å². The summed E-state index contributed by atoms with van der Waals surface area (Å²) in [5.41, 5.74) is 6.15. The highest BCUT2D eigenvalue weighted by atomic mass is 16.5. The van der Waals surface area contributed by atoms with Crippen LogP contribution in [-0.2, 0) is 4.74 Å². The Morgan fingerprint density at radius 3 is 2.46 bits per heavy atom. The minimum Gasteiger partial charge on any atom is -0.377 e. The van der Waals surface area contributed by atoms with Crippen molar-refractivity contribution < 1.29 is 4.74 Å². The Kier molecular flexibility index (Phi) is 4.74. The van der Waals surface area contributed by atoms with Crippen LogP contribution >= 0.6 is 0 Å². The average molecular weight is 185 g/mol. The van der Waals surface area contributed by atoms with Crippen LogP contribution in [0.4, 0.5) is 0 Å². The first kappa shape index (κ1) is 11.0. The summed E-state index contributed by atoms with van der Waals surface area (Å²) >= 11 is 0. The minimum atomic E-state index is 0.230. The van der Waals surface area contributed by atoms with Gasteiger partial charge in [-0.3, -0.25) is 0 Å². The Labute approximate surface area is 81.8 Å². The predicted molar refractivity (Wildman–Crippen MR) is 55.6 cm³/mol. The molecule has 13 heavy (non-hydrogen) atoms. The van der Waals surface area contributed by atoms with Gasteiger partial charge in [-0.2, -0.15) is 0 Å².